The van der Waals surface area contributed by atoms with E-state index in [1.807, 2.05) is 0 Å². The summed E-state index contributed by atoms with van der Waals surface area (Å²) in [6, 6.07) is 15.4. The van der Waals surface area contributed by atoms with Gasteiger partial charge in [-0.05, 0) is 37.6 Å². The molecule has 0 radical (unpaired) electrons. The van der Waals surface area contributed by atoms with Crippen LogP contribution in [0.1, 0.15) is 37.5 Å². The van der Waals surface area contributed by atoms with Gasteiger partial charge in [-0.15, -0.1) is 6.58 Å². The molecule has 2 aromatic carbocycles. The van der Waals surface area contributed by atoms with Crippen LogP contribution in [0.5, 0.6) is 0 Å². The van der Waals surface area contributed by atoms with Crippen LogP contribution < -0.4 is 9.80 Å². The van der Waals surface area contributed by atoms with E-state index in [4.69, 9.17) is 9.97 Å². The van der Waals surface area contributed by atoms with Gasteiger partial charge in [0.15, 0.2) is 11.6 Å². The highest BCUT2D eigenvalue weighted by Gasteiger charge is 2.59. The Morgan fingerprint density at radius 2 is 1.47 bits per heavy atom. The Balaban J connectivity index is 1.84. The topological polar surface area (TPSA) is 32.3 Å². The zero-order valence-electron chi connectivity index (χ0n) is 18.3. The maximum absolute atomic E-state index is 4.79. The lowest BCUT2D eigenvalue weighted by atomic mass is 9.58. The summed E-state index contributed by atoms with van der Waals surface area (Å²) in [7, 11) is 0. The van der Waals surface area contributed by atoms with Gasteiger partial charge < -0.3 is 9.80 Å². The van der Waals surface area contributed by atoms with E-state index < -0.39 is 0 Å². The van der Waals surface area contributed by atoms with Crippen LogP contribution in [-0.4, -0.2) is 16.1 Å². The Labute approximate surface area is 178 Å². The second-order valence-corrected chi connectivity index (χ2v) is 9.30. The van der Waals surface area contributed by atoms with Crippen molar-refractivity contribution in [1.82, 2.24) is 9.97 Å². The second kappa shape index (κ2) is 6.18. The van der Waals surface area contributed by atoms with E-state index in [9.17, 15) is 0 Å². The van der Waals surface area contributed by atoms with Crippen LogP contribution in [-0.2, 0) is 5.41 Å². The van der Waals surface area contributed by atoms with E-state index in [0.717, 1.165) is 17.3 Å². The monoisotopic (exact) mass is 396 g/mol. The number of rotatable bonds is 2. The molecule has 4 nitrogen and oxygen atoms in total. The molecule has 0 fully saturated rings. The predicted molar refractivity (Wildman–Crippen MR) is 124 cm³/mol. The maximum atomic E-state index is 4.79. The van der Waals surface area contributed by atoms with Crippen molar-refractivity contribution in [3.8, 4) is 0 Å². The molecule has 152 valence electrons. The molecule has 30 heavy (non-hydrogen) atoms. The zero-order chi connectivity index (χ0) is 21.3. The molecule has 0 saturated carbocycles. The fourth-order valence-electron chi connectivity index (χ4n) is 5.13. The van der Waals surface area contributed by atoms with Gasteiger partial charge in [0.25, 0.3) is 0 Å². The van der Waals surface area contributed by atoms with E-state index in [1.54, 1.807) is 12.4 Å². The molecule has 5 rings (SSSR count). The third-order valence-electron chi connectivity index (χ3n) is 7.28. The van der Waals surface area contributed by atoms with Gasteiger partial charge in [0.1, 0.15) is 6.17 Å². The normalized spacial score (nSPS) is 23.6. The van der Waals surface area contributed by atoms with Crippen LogP contribution in [0.4, 0.5) is 23.0 Å². The highest BCUT2D eigenvalue weighted by Crippen LogP contribution is 2.61. The molecule has 0 bridgehead atoms. The van der Waals surface area contributed by atoms with Crippen molar-refractivity contribution in [2.75, 3.05) is 9.80 Å². The fraction of sp³-hybridized carbons (Fsp3) is 0.308. The minimum atomic E-state index is -0.222. The summed E-state index contributed by atoms with van der Waals surface area (Å²) in [5.41, 5.74) is 5.71. The van der Waals surface area contributed by atoms with Crippen molar-refractivity contribution >= 4 is 23.0 Å². The minimum absolute atomic E-state index is 0.0239. The van der Waals surface area contributed by atoms with Crippen molar-refractivity contribution < 1.29 is 0 Å². The number of aromatic nitrogens is 2. The summed E-state index contributed by atoms with van der Waals surface area (Å²) in [5.74, 6) is 1.81. The molecule has 2 atom stereocenters. The third-order valence-corrected chi connectivity index (χ3v) is 7.28. The number of hydrogen-bond acceptors (Lipinski definition) is 4. The molecule has 3 heterocycles. The molecule has 4 heteroatoms. The average molecular weight is 397 g/mol. The van der Waals surface area contributed by atoms with Crippen LogP contribution >= 0.6 is 0 Å². The summed E-state index contributed by atoms with van der Waals surface area (Å²) in [4.78, 5) is 14.3. The van der Waals surface area contributed by atoms with Gasteiger partial charge in [0.05, 0.1) is 0 Å². The largest absolute Gasteiger partial charge is 0.301 e. The lowest BCUT2D eigenvalue weighted by Crippen LogP contribution is -2.60. The first-order chi connectivity index (χ1) is 14.3. The number of aryl methyl sites for hydroxylation is 2. The Kier molecular flexibility index (Phi) is 3.88. The van der Waals surface area contributed by atoms with Gasteiger partial charge in [-0.1, -0.05) is 62.2 Å². The predicted octanol–water partition coefficient (Wildman–Crippen LogP) is 6.19. The number of hydrogen-bond donors (Lipinski definition) is 0. The van der Waals surface area contributed by atoms with E-state index in [-0.39, 0.29) is 17.0 Å². The van der Waals surface area contributed by atoms with Crippen LogP contribution in [0.25, 0.3) is 0 Å². The molecule has 0 spiro atoms. The Hall–Kier alpha value is -3.14. The van der Waals surface area contributed by atoms with Crippen LogP contribution in [0.2, 0.25) is 0 Å². The quantitative estimate of drug-likeness (QED) is 0.483. The molecular weight excluding hydrogens is 368 g/mol. The lowest BCUT2D eigenvalue weighted by molar-refractivity contribution is 0.170. The van der Waals surface area contributed by atoms with Crippen LogP contribution in [0.15, 0.2) is 67.5 Å². The summed E-state index contributed by atoms with van der Waals surface area (Å²) < 4.78 is 0. The summed E-state index contributed by atoms with van der Waals surface area (Å²) >= 11 is 0. The number of allylic oxidation sites excluding steroid dienone is 1. The molecule has 2 aliphatic heterocycles. The number of fused-ring (bicyclic) bond motifs is 5. The van der Waals surface area contributed by atoms with Crippen molar-refractivity contribution in [3.05, 3.63) is 84.2 Å². The van der Waals surface area contributed by atoms with Crippen molar-refractivity contribution in [3.63, 3.8) is 0 Å². The van der Waals surface area contributed by atoms with Gasteiger partial charge in [-0.3, -0.25) is 0 Å². The highest BCUT2D eigenvalue weighted by molar-refractivity contribution is 5.87. The Bertz CT molecular complexity index is 1150. The molecule has 2 aliphatic rings. The SMILES string of the molecule is C=CC1(C)c2cc(C)ccc2N2c3nccnc3N(c3ccc(C)cc3)C2C1(C)C. The van der Waals surface area contributed by atoms with Crippen LogP contribution in [0, 0.1) is 19.3 Å². The molecule has 0 N–H and O–H groups in total. The first kappa shape index (κ1) is 18.9. The van der Waals surface area contributed by atoms with Gasteiger partial charge in [0, 0.05) is 34.6 Å². The Morgan fingerprint density at radius 3 is 2.10 bits per heavy atom. The van der Waals surface area contributed by atoms with Gasteiger partial charge >= 0.3 is 0 Å². The smallest absolute Gasteiger partial charge is 0.178 e. The summed E-state index contributed by atoms with van der Waals surface area (Å²) in [6.45, 7) is 15.5. The van der Waals surface area contributed by atoms with E-state index in [0.29, 0.717) is 0 Å². The standard InChI is InChI=1S/C26H28N4/c1-7-26(6)20-16-18(3)10-13-21(20)30-23-22(27-14-15-28-23)29(24(30)25(26,4)5)19-11-8-17(2)9-12-19/h7-16,24H,1H2,2-6H3. The zero-order valence-corrected chi connectivity index (χ0v) is 18.3. The maximum Gasteiger partial charge on any atom is 0.178 e. The highest BCUT2D eigenvalue weighted by atomic mass is 15.5. The number of anilines is 4. The summed E-state index contributed by atoms with van der Waals surface area (Å²) in [5, 5.41) is 0. The number of nitrogens with zero attached hydrogens (tertiary/aromatic N) is 4. The van der Waals surface area contributed by atoms with Gasteiger partial charge in [-0.2, -0.15) is 0 Å². The van der Waals surface area contributed by atoms with Crippen molar-refractivity contribution in [1.29, 1.82) is 0 Å². The van der Waals surface area contributed by atoms with E-state index in [1.165, 1.54) is 22.4 Å². The first-order valence-electron chi connectivity index (χ1n) is 10.5. The van der Waals surface area contributed by atoms with E-state index >= 15 is 0 Å². The lowest BCUT2D eigenvalue weighted by Gasteiger charge is -2.56. The number of benzene rings is 2. The minimum Gasteiger partial charge on any atom is -0.301 e. The first-order valence-corrected chi connectivity index (χ1v) is 10.5. The molecule has 0 saturated heterocycles. The molecular formula is C26H28N4. The molecule has 0 aliphatic carbocycles. The second-order valence-electron chi connectivity index (χ2n) is 9.30. The molecule has 2 unspecified atom stereocenters. The third kappa shape index (κ3) is 2.28. The van der Waals surface area contributed by atoms with Crippen molar-refractivity contribution in [2.24, 2.45) is 5.41 Å². The fourth-order valence-corrected chi connectivity index (χ4v) is 5.13. The van der Waals surface area contributed by atoms with Crippen molar-refractivity contribution in [2.45, 2.75) is 46.2 Å². The molecule has 1 aromatic heterocycles. The van der Waals surface area contributed by atoms with Gasteiger partial charge in [0.2, 0.25) is 0 Å². The molecule has 3 aromatic rings. The average Bonchev–Trinajstić information content (AvgIpc) is 3.09. The Morgan fingerprint density at radius 1 is 0.867 bits per heavy atom. The van der Waals surface area contributed by atoms with Crippen LogP contribution in [0.3, 0.4) is 0 Å². The van der Waals surface area contributed by atoms with E-state index in [2.05, 4.69) is 99.5 Å². The van der Waals surface area contributed by atoms with Gasteiger partial charge in [-0.25, -0.2) is 9.97 Å². The summed E-state index contributed by atoms with van der Waals surface area (Å²) in [6.07, 6.45) is 5.72. The molecule has 0 amide bonds.